The van der Waals surface area contributed by atoms with Crippen LogP contribution in [0.4, 0.5) is 11.4 Å². The van der Waals surface area contributed by atoms with Gasteiger partial charge in [0.2, 0.25) is 0 Å². The largest absolute Gasteiger partial charge is 0.396 e. The summed E-state index contributed by atoms with van der Waals surface area (Å²) in [5.74, 6) is 0.162. The van der Waals surface area contributed by atoms with Crippen molar-refractivity contribution in [3.63, 3.8) is 0 Å². The van der Waals surface area contributed by atoms with Gasteiger partial charge in [0.1, 0.15) is 6.07 Å². The Labute approximate surface area is 89.3 Å². The zero-order valence-electron chi connectivity index (χ0n) is 8.70. The maximum absolute atomic E-state index is 8.86. The van der Waals surface area contributed by atoms with Crippen LogP contribution in [0.3, 0.4) is 0 Å². The van der Waals surface area contributed by atoms with Crippen molar-refractivity contribution in [1.29, 1.82) is 5.26 Å². The molecular weight excluding hydrogens is 190 g/mol. The predicted octanol–water partition coefficient (Wildman–Crippen LogP) is 1.18. The second-order valence-corrected chi connectivity index (χ2v) is 3.55. The molecule has 1 aromatic rings. The number of nitrogens with two attached hydrogens (primary N) is 1. The molecule has 0 aliphatic rings. The van der Waals surface area contributed by atoms with E-state index in [4.69, 9.17) is 16.1 Å². The summed E-state index contributed by atoms with van der Waals surface area (Å²) in [7, 11) is 0. The maximum Gasteiger partial charge on any atom is 0.101 e. The van der Waals surface area contributed by atoms with E-state index in [2.05, 4.69) is 5.32 Å². The van der Waals surface area contributed by atoms with Crippen LogP contribution in [0.15, 0.2) is 18.2 Å². The van der Waals surface area contributed by atoms with Crippen molar-refractivity contribution in [2.45, 2.75) is 6.92 Å². The van der Waals surface area contributed by atoms with Gasteiger partial charge in [-0.1, -0.05) is 13.0 Å². The first-order chi connectivity index (χ1) is 7.19. The van der Waals surface area contributed by atoms with E-state index >= 15 is 0 Å². The number of nitriles is 1. The molecule has 0 bridgehead atoms. The molecule has 0 saturated heterocycles. The number of nitrogens with zero attached hydrogens (tertiary/aromatic N) is 1. The molecule has 4 nitrogen and oxygen atoms in total. The van der Waals surface area contributed by atoms with Crippen molar-refractivity contribution < 1.29 is 5.11 Å². The molecule has 0 aliphatic carbocycles. The van der Waals surface area contributed by atoms with Crippen LogP contribution in [0.2, 0.25) is 0 Å². The SMILES string of the molecule is CC(CO)CNc1cccc(C#N)c1N. The Morgan fingerprint density at radius 3 is 2.93 bits per heavy atom. The summed E-state index contributed by atoms with van der Waals surface area (Å²) in [6, 6.07) is 7.30. The van der Waals surface area contributed by atoms with Crippen molar-refractivity contribution in [2.24, 2.45) is 5.92 Å². The van der Waals surface area contributed by atoms with Crippen LogP contribution in [0.1, 0.15) is 12.5 Å². The Morgan fingerprint density at radius 2 is 2.33 bits per heavy atom. The maximum atomic E-state index is 8.86. The number of anilines is 2. The predicted molar refractivity (Wildman–Crippen MR) is 60.3 cm³/mol. The van der Waals surface area contributed by atoms with Crippen LogP contribution in [0, 0.1) is 17.2 Å². The first-order valence-corrected chi connectivity index (χ1v) is 4.82. The molecule has 0 aromatic heterocycles. The minimum absolute atomic E-state index is 0.130. The molecule has 0 radical (unpaired) electrons. The highest BCUT2D eigenvalue weighted by atomic mass is 16.3. The number of benzene rings is 1. The molecule has 15 heavy (non-hydrogen) atoms. The Hall–Kier alpha value is -1.73. The van der Waals surface area contributed by atoms with Gasteiger partial charge in [0.25, 0.3) is 0 Å². The topological polar surface area (TPSA) is 82.1 Å². The quantitative estimate of drug-likeness (QED) is 0.645. The Kier molecular flexibility index (Phi) is 3.95. The Bertz CT molecular complexity index is 371. The van der Waals surface area contributed by atoms with Crippen LogP contribution >= 0.6 is 0 Å². The van der Waals surface area contributed by atoms with Gasteiger partial charge >= 0.3 is 0 Å². The van der Waals surface area contributed by atoms with Crippen LogP contribution in [-0.4, -0.2) is 18.3 Å². The fourth-order valence-electron chi connectivity index (χ4n) is 1.17. The van der Waals surface area contributed by atoms with Gasteiger partial charge in [-0.25, -0.2) is 0 Å². The van der Waals surface area contributed by atoms with E-state index in [0.717, 1.165) is 5.69 Å². The number of hydrogen-bond acceptors (Lipinski definition) is 4. The number of nitrogen functional groups attached to an aromatic ring is 1. The summed E-state index contributed by atoms with van der Waals surface area (Å²) in [6.45, 7) is 2.69. The highest BCUT2D eigenvalue weighted by Gasteiger charge is 2.05. The van der Waals surface area contributed by atoms with Gasteiger partial charge in [-0.15, -0.1) is 0 Å². The second-order valence-electron chi connectivity index (χ2n) is 3.55. The van der Waals surface area contributed by atoms with Crippen LogP contribution < -0.4 is 11.1 Å². The lowest BCUT2D eigenvalue weighted by Crippen LogP contribution is -2.15. The molecular formula is C11H15N3O. The Morgan fingerprint density at radius 1 is 1.60 bits per heavy atom. The molecule has 1 aromatic carbocycles. The lowest BCUT2D eigenvalue weighted by molar-refractivity contribution is 0.244. The summed E-state index contributed by atoms with van der Waals surface area (Å²) < 4.78 is 0. The van der Waals surface area contributed by atoms with Gasteiger partial charge in [-0.05, 0) is 18.1 Å². The average Bonchev–Trinajstić information content (AvgIpc) is 2.27. The summed E-state index contributed by atoms with van der Waals surface area (Å²) in [5.41, 5.74) is 7.45. The number of rotatable bonds is 4. The van der Waals surface area contributed by atoms with Crippen LogP contribution in [-0.2, 0) is 0 Å². The molecule has 1 atom stereocenters. The molecule has 0 aliphatic heterocycles. The van der Waals surface area contributed by atoms with Gasteiger partial charge in [-0.2, -0.15) is 5.26 Å². The fraction of sp³-hybridized carbons (Fsp3) is 0.364. The number of nitrogens with one attached hydrogen (secondary N) is 1. The van der Waals surface area contributed by atoms with Crippen molar-refractivity contribution in [3.05, 3.63) is 23.8 Å². The standard InChI is InChI=1S/C11H15N3O/c1-8(7-15)6-14-10-4-2-3-9(5-12)11(10)13/h2-4,8,14-15H,6-7,13H2,1H3. The van der Waals surface area contributed by atoms with E-state index in [9.17, 15) is 0 Å². The first-order valence-electron chi connectivity index (χ1n) is 4.82. The summed E-state index contributed by atoms with van der Waals surface area (Å²) in [4.78, 5) is 0. The molecule has 1 rings (SSSR count). The van der Waals surface area contributed by atoms with Crippen molar-refractivity contribution in [3.8, 4) is 6.07 Å². The molecule has 1 unspecified atom stereocenters. The molecule has 80 valence electrons. The van der Waals surface area contributed by atoms with E-state index in [1.54, 1.807) is 12.1 Å². The lowest BCUT2D eigenvalue weighted by atomic mass is 10.1. The third-order valence-electron chi connectivity index (χ3n) is 2.18. The van der Waals surface area contributed by atoms with Gasteiger partial charge in [0.05, 0.1) is 16.9 Å². The van der Waals surface area contributed by atoms with Crippen molar-refractivity contribution in [2.75, 3.05) is 24.2 Å². The average molecular weight is 205 g/mol. The van der Waals surface area contributed by atoms with E-state index in [1.807, 2.05) is 19.1 Å². The lowest BCUT2D eigenvalue weighted by Gasteiger charge is -2.13. The minimum atomic E-state index is 0.130. The minimum Gasteiger partial charge on any atom is -0.396 e. The van der Waals surface area contributed by atoms with E-state index in [0.29, 0.717) is 17.8 Å². The third kappa shape index (κ3) is 2.86. The van der Waals surface area contributed by atoms with Crippen molar-refractivity contribution in [1.82, 2.24) is 0 Å². The van der Waals surface area contributed by atoms with Crippen LogP contribution in [0.5, 0.6) is 0 Å². The third-order valence-corrected chi connectivity index (χ3v) is 2.18. The molecule has 0 fully saturated rings. The molecule has 0 amide bonds. The smallest absolute Gasteiger partial charge is 0.101 e. The summed E-state index contributed by atoms with van der Waals surface area (Å²) in [6.07, 6.45) is 0. The normalized spacial score (nSPS) is 11.8. The molecule has 0 saturated carbocycles. The Balaban J connectivity index is 2.74. The molecule has 0 spiro atoms. The fourth-order valence-corrected chi connectivity index (χ4v) is 1.17. The number of hydrogen-bond donors (Lipinski definition) is 3. The van der Waals surface area contributed by atoms with Gasteiger partial charge in [0, 0.05) is 13.2 Å². The van der Waals surface area contributed by atoms with E-state index < -0.39 is 0 Å². The highest BCUT2D eigenvalue weighted by Crippen LogP contribution is 2.21. The van der Waals surface area contributed by atoms with E-state index in [1.165, 1.54) is 0 Å². The second kappa shape index (κ2) is 5.23. The van der Waals surface area contributed by atoms with Gasteiger partial charge in [-0.3, -0.25) is 0 Å². The highest BCUT2D eigenvalue weighted by molar-refractivity contribution is 5.72. The zero-order chi connectivity index (χ0) is 11.3. The monoisotopic (exact) mass is 205 g/mol. The van der Waals surface area contributed by atoms with Gasteiger partial charge in [0.15, 0.2) is 0 Å². The van der Waals surface area contributed by atoms with Gasteiger partial charge < -0.3 is 16.2 Å². The van der Waals surface area contributed by atoms with Crippen molar-refractivity contribution >= 4 is 11.4 Å². The number of para-hydroxylation sites is 1. The number of aliphatic hydroxyl groups is 1. The summed E-state index contributed by atoms with van der Waals surface area (Å²) >= 11 is 0. The first kappa shape index (κ1) is 11.3. The van der Waals surface area contributed by atoms with Crippen LogP contribution in [0.25, 0.3) is 0 Å². The molecule has 4 heteroatoms. The number of aliphatic hydroxyl groups excluding tert-OH is 1. The summed E-state index contributed by atoms with van der Waals surface area (Å²) in [5, 5.41) is 20.7. The van der Waals surface area contributed by atoms with E-state index in [-0.39, 0.29) is 12.5 Å². The molecule has 4 N–H and O–H groups in total. The molecule has 0 heterocycles. The zero-order valence-corrected chi connectivity index (χ0v) is 8.70.